The molecule has 110 valence electrons. The van der Waals surface area contributed by atoms with Crippen molar-refractivity contribution in [3.63, 3.8) is 0 Å². The topological polar surface area (TPSA) is 57.6 Å². The lowest BCUT2D eigenvalue weighted by Crippen LogP contribution is -2.40. The van der Waals surface area contributed by atoms with Gasteiger partial charge >= 0.3 is 5.97 Å². The molecule has 20 heavy (non-hydrogen) atoms. The molecule has 0 aliphatic heterocycles. The molecule has 5 heteroatoms. The zero-order valence-electron chi connectivity index (χ0n) is 12.1. The number of carboxylic acid groups (broad SMARTS) is 1. The highest BCUT2D eigenvalue weighted by atomic mass is 32.2. The van der Waals surface area contributed by atoms with Gasteiger partial charge in [0.05, 0.1) is 5.41 Å². The summed E-state index contributed by atoms with van der Waals surface area (Å²) in [6, 6.07) is 8.92. The molecule has 0 heterocycles. The number of nitrogens with zero attached hydrogens (tertiary/aromatic N) is 1. The highest BCUT2D eigenvalue weighted by Crippen LogP contribution is 2.28. The number of carboxylic acids is 1. The van der Waals surface area contributed by atoms with Crippen LogP contribution in [0, 0.1) is 0 Å². The largest absolute Gasteiger partial charge is 0.481 e. The van der Waals surface area contributed by atoms with Gasteiger partial charge in [0.25, 0.3) is 0 Å². The van der Waals surface area contributed by atoms with E-state index >= 15 is 0 Å². The van der Waals surface area contributed by atoms with E-state index in [1.54, 1.807) is 54.9 Å². The Labute approximate surface area is 124 Å². The van der Waals surface area contributed by atoms with E-state index in [-0.39, 0.29) is 12.3 Å². The maximum Gasteiger partial charge on any atom is 0.314 e. The lowest BCUT2D eigenvalue weighted by molar-refractivity contribution is -0.147. The fourth-order valence-electron chi connectivity index (χ4n) is 1.90. The summed E-state index contributed by atoms with van der Waals surface area (Å²) < 4.78 is 0. The first-order valence-electron chi connectivity index (χ1n) is 6.43. The van der Waals surface area contributed by atoms with Crippen LogP contribution >= 0.6 is 11.8 Å². The molecule has 0 saturated carbocycles. The number of aliphatic carboxylic acids is 1. The molecule has 1 N–H and O–H groups in total. The lowest BCUT2D eigenvalue weighted by atomic mass is 9.79. The van der Waals surface area contributed by atoms with Gasteiger partial charge in [0, 0.05) is 25.8 Å². The first-order chi connectivity index (χ1) is 9.41. The number of carbonyl (C=O) groups excluding carboxylic acids is 1. The van der Waals surface area contributed by atoms with Crippen LogP contribution in [-0.4, -0.2) is 47.5 Å². The zero-order chi connectivity index (χ0) is 15.2. The predicted octanol–water partition coefficient (Wildman–Crippen LogP) is 2.24. The minimum Gasteiger partial charge on any atom is -0.481 e. The Bertz CT molecular complexity index is 463. The average molecular weight is 295 g/mol. The van der Waals surface area contributed by atoms with E-state index in [0.717, 1.165) is 5.75 Å². The van der Waals surface area contributed by atoms with Gasteiger partial charge in [-0.25, -0.2) is 0 Å². The molecule has 1 atom stereocenters. The number of amides is 1. The molecular weight excluding hydrogens is 274 g/mol. The van der Waals surface area contributed by atoms with Crippen LogP contribution in [-0.2, 0) is 15.0 Å². The van der Waals surface area contributed by atoms with Crippen molar-refractivity contribution in [1.82, 2.24) is 4.90 Å². The van der Waals surface area contributed by atoms with Crippen LogP contribution in [0.25, 0.3) is 0 Å². The van der Waals surface area contributed by atoms with E-state index in [2.05, 4.69) is 0 Å². The Morgan fingerprint density at radius 2 is 1.90 bits per heavy atom. The highest BCUT2D eigenvalue weighted by Gasteiger charge is 2.38. The van der Waals surface area contributed by atoms with Crippen LogP contribution in [0.1, 0.15) is 18.9 Å². The van der Waals surface area contributed by atoms with E-state index in [4.69, 9.17) is 0 Å². The Hall–Kier alpha value is -1.49. The Balaban J connectivity index is 2.88. The zero-order valence-corrected chi connectivity index (χ0v) is 12.9. The van der Waals surface area contributed by atoms with Gasteiger partial charge in [0.15, 0.2) is 0 Å². The minimum atomic E-state index is -1.19. The second-order valence-electron chi connectivity index (χ2n) is 4.99. The molecule has 0 spiro atoms. The number of rotatable bonds is 7. The molecule has 1 unspecified atom stereocenters. The van der Waals surface area contributed by atoms with Gasteiger partial charge in [-0.15, -0.1) is 0 Å². The average Bonchev–Trinajstić information content (AvgIpc) is 2.45. The molecule has 1 aromatic rings. The van der Waals surface area contributed by atoms with Gasteiger partial charge in [-0.05, 0) is 18.7 Å². The van der Waals surface area contributed by atoms with E-state index < -0.39 is 11.4 Å². The molecule has 1 rings (SSSR count). The fraction of sp³-hybridized carbons (Fsp3) is 0.467. The third-order valence-electron chi connectivity index (χ3n) is 3.44. The summed E-state index contributed by atoms with van der Waals surface area (Å²) >= 11 is 1.66. The van der Waals surface area contributed by atoms with Crippen LogP contribution in [0.2, 0.25) is 0 Å². The quantitative estimate of drug-likeness (QED) is 0.838. The smallest absolute Gasteiger partial charge is 0.314 e. The third kappa shape index (κ3) is 4.00. The van der Waals surface area contributed by atoms with Crippen molar-refractivity contribution < 1.29 is 14.7 Å². The van der Waals surface area contributed by atoms with Crippen molar-refractivity contribution in [2.24, 2.45) is 0 Å². The molecule has 1 amide bonds. The monoisotopic (exact) mass is 295 g/mol. The summed E-state index contributed by atoms with van der Waals surface area (Å²) in [4.78, 5) is 25.4. The first-order valence-corrected chi connectivity index (χ1v) is 7.83. The standard InChI is InChI=1S/C15H21NO3S/c1-15(14(18)19,12-7-5-4-6-8-12)11-13(17)16(2)9-10-20-3/h4-8H,9-11H2,1-3H3,(H,18,19). The van der Waals surface area contributed by atoms with Crippen LogP contribution < -0.4 is 0 Å². The molecule has 0 saturated heterocycles. The molecular formula is C15H21NO3S. The van der Waals surface area contributed by atoms with Gasteiger partial charge in [0.1, 0.15) is 0 Å². The van der Waals surface area contributed by atoms with Gasteiger partial charge < -0.3 is 10.0 Å². The molecule has 0 fully saturated rings. The second kappa shape index (κ2) is 7.33. The Morgan fingerprint density at radius 1 is 1.30 bits per heavy atom. The highest BCUT2D eigenvalue weighted by molar-refractivity contribution is 7.98. The number of carbonyl (C=O) groups is 2. The van der Waals surface area contributed by atoms with Crippen LogP contribution in [0.4, 0.5) is 0 Å². The fourth-order valence-corrected chi connectivity index (χ4v) is 2.35. The summed E-state index contributed by atoms with van der Waals surface area (Å²) in [5, 5.41) is 9.52. The maximum atomic E-state index is 12.2. The number of benzene rings is 1. The molecule has 0 radical (unpaired) electrons. The number of hydrogen-bond donors (Lipinski definition) is 1. The molecule has 0 aliphatic carbocycles. The van der Waals surface area contributed by atoms with Gasteiger partial charge in [-0.2, -0.15) is 11.8 Å². The van der Waals surface area contributed by atoms with Crippen molar-refractivity contribution in [3.05, 3.63) is 35.9 Å². The summed E-state index contributed by atoms with van der Waals surface area (Å²) in [5.41, 5.74) is -0.537. The van der Waals surface area contributed by atoms with Crippen LogP contribution in [0.5, 0.6) is 0 Å². The van der Waals surface area contributed by atoms with E-state index in [0.29, 0.717) is 12.1 Å². The van der Waals surface area contributed by atoms with Crippen LogP contribution in [0.15, 0.2) is 30.3 Å². The number of thioether (sulfide) groups is 1. The Kier molecular flexibility index (Phi) is 6.07. The summed E-state index contributed by atoms with van der Waals surface area (Å²) in [6.07, 6.45) is 1.95. The molecule has 0 bridgehead atoms. The van der Waals surface area contributed by atoms with Crippen molar-refractivity contribution in [2.45, 2.75) is 18.8 Å². The second-order valence-corrected chi connectivity index (χ2v) is 5.97. The van der Waals surface area contributed by atoms with Crippen LogP contribution in [0.3, 0.4) is 0 Å². The maximum absolute atomic E-state index is 12.2. The van der Waals surface area contributed by atoms with E-state index in [9.17, 15) is 14.7 Å². The minimum absolute atomic E-state index is 0.0305. The molecule has 1 aromatic carbocycles. The lowest BCUT2D eigenvalue weighted by Gasteiger charge is -2.27. The number of hydrogen-bond acceptors (Lipinski definition) is 3. The summed E-state index contributed by atoms with van der Waals surface area (Å²) in [6.45, 7) is 2.23. The van der Waals surface area contributed by atoms with Crippen molar-refractivity contribution in [1.29, 1.82) is 0 Å². The molecule has 4 nitrogen and oxygen atoms in total. The van der Waals surface area contributed by atoms with Gasteiger partial charge in [-0.3, -0.25) is 9.59 Å². The van der Waals surface area contributed by atoms with E-state index in [1.807, 2.05) is 12.3 Å². The Morgan fingerprint density at radius 3 is 2.40 bits per heavy atom. The summed E-state index contributed by atoms with van der Waals surface area (Å²) in [7, 11) is 1.71. The predicted molar refractivity (Wildman–Crippen MR) is 82.1 cm³/mol. The van der Waals surface area contributed by atoms with E-state index in [1.165, 1.54) is 0 Å². The molecule has 0 aromatic heterocycles. The van der Waals surface area contributed by atoms with Crippen molar-refractivity contribution in [2.75, 3.05) is 25.6 Å². The van der Waals surface area contributed by atoms with Gasteiger partial charge in [0.2, 0.25) is 5.91 Å². The van der Waals surface area contributed by atoms with Gasteiger partial charge in [-0.1, -0.05) is 30.3 Å². The van der Waals surface area contributed by atoms with Crippen molar-refractivity contribution >= 4 is 23.6 Å². The first kappa shape index (κ1) is 16.6. The third-order valence-corrected chi connectivity index (χ3v) is 4.04. The van der Waals surface area contributed by atoms with Crippen molar-refractivity contribution in [3.8, 4) is 0 Å². The molecule has 0 aliphatic rings. The summed E-state index contributed by atoms with van der Waals surface area (Å²) in [5.74, 6) is -0.278. The normalized spacial score (nSPS) is 13.6. The SMILES string of the molecule is CSCCN(C)C(=O)CC(C)(C(=O)O)c1ccccc1.